The number of halogens is 1. The van der Waals surface area contributed by atoms with Crippen molar-refractivity contribution in [3.05, 3.63) is 51.8 Å². The SMILES string of the molecule is Cc1c(OCc2cccc(Br)n2)ccc(C(=O)CC(C)(C)C)c1O. The lowest BCUT2D eigenvalue weighted by atomic mass is 9.87. The Morgan fingerprint density at radius 2 is 1.96 bits per heavy atom. The minimum Gasteiger partial charge on any atom is -0.507 e. The Labute approximate surface area is 151 Å². The van der Waals surface area contributed by atoms with E-state index in [1.54, 1.807) is 19.1 Å². The highest BCUT2D eigenvalue weighted by Crippen LogP contribution is 2.33. The minimum absolute atomic E-state index is 0.0102. The van der Waals surface area contributed by atoms with E-state index in [-0.39, 0.29) is 23.6 Å². The fourth-order valence-corrected chi connectivity index (χ4v) is 2.70. The highest BCUT2D eigenvalue weighted by Gasteiger charge is 2.21. The van der Waals surface area contributed by atoms with Crippen LogP contribution in [-0.2, 0) is 6.61 Å². The quantitative estimate of drug-likeness (QED) is 0.571. The van der Waals surface area contributed by atoms with Crippen LogP contribution in [0.3, 0.4) is 0 Å². The zero-order chi connectivity index (χ0) is 17.9. The first-order chi connectivity index (χ1) is 11.2. The summed E-state index contributed by atoms with van der Waals surface area (Å²) in [6, 6.07) is 8.94. The second-order valence-corrected chi connectivity index (χ2v) is 7.80. The highest BCUT2D eigenvalue weighted by atomic mass is 79.9. The van der Waals surface area contributed by atoms with Gasteiger partial charge in [-0.15, -0.1) is 0 Å². The summed E-state index contributed by atoms with van der Waals surface area (Å²) in [6.07, 6.45) is 0.377. The molecule has 0 saturated heterocycles. The van der Waals surface area contributed by atoms with Gasteiger partial charge in [0.15, 0.2) is 5.78 Å². The second-order valence-electron chi connectivity index (χ2n) is 6.99. The van der Waals surface area contributed by atoms with Gasteiger partial charge in [-0.2, -0.15) is 0 Å². The lowest BCUT2D eigenvalue weighted by molar-refractivity contribution is 0.0937. The van der Waals surface area contributed by atoms with Crippen LogP contribution in [0.4, 0.5) is 0 Å². The third-order valence-electron chi connectivity index (χ3n) is 3.52. The Morgan fingerprint density at radius 1 is 1.25 bits per heavy atom. The summed E-state index contributed by atoms with van der Waals surface area (Å²) >= 11 is 3.32. The molecule has 0 aliphatic heterocycles. The smallest absolute Gasteiger partial charge is 0.167 e. The van der Waals surface area contributed by atoms with E-state index < -0.39 is 0 Å². The van der Waals surface area contributed by atoms with E-state index in [0.29, 0.717) is 23.3 Å². The molecular weight excluding hydrogens is 370 g/mol. The summed E-state index contributed by atoms with van der Waals surface area (Å²) in [4.78, 5) is 16.6. The molecule has 0 radical (unpaired) electrons. The van der Waals surface area contributed by atoms with Crippen LogP contribution in [-0.4, -0.2) is 15.9 Å². The van der Waals surface area contributed by atoms with Crippen molar-refractivity contribution in [2.75, 3.05) is 0 Å². The first kappa shape index (κ1) is 18.5. The second kappa shape index (κ2) is 7.34. The molecule has 0 fully saturated rings. The van der Waals surface area contributed by atoms with Crippen molar-refractivity contribution >= 4 is 21.7 Å². The van der Waals surface area contributed by atoms with Crippen molar-refractivity contribution in [3.63, 3.8) is 0 Å². The van der Waals surface area contributed by atoms with Crippen LogP contribution in [0, 0.1) is 12.3 Å². The molecule has 0 atom stereocenters. The standard InChI is InChI=1S/C19H22BrNO3/c1-12-16(24-11-13-6-5-7-17(20)21-13)9-8-14(18(12)23)15(22)10-19(2,3)4/h5-9,23H,10-11H2,1-4H3. The fraction of sp³-hybridized carbons (Fsp3) is 0.368. The van der Waals surface area contributed by atoms with Gasteiger partial charge in [0.25, 0.3) is 0 Å². The summed E-state index contributed by atoms with van der Waals surface area (Å²) in [5.74, 6) is 0.467. The number of phenolic OH excluding ortho intramolecular Hbond substituents is 1. The van der Waals surface area contributed by atoms with Crippen molar-refractivity contribution < 1.29 is 14.6 Å². The maximum atomic E-state index is 12.3. The van der Waals surface area contributed by atoms with Crippen molar-refractivity contribution in [2.24, 2.45) is 5.41 Å². The van der Waals surface area contributed by atoms with Crippen LogP contribution >= 0.6 is 15.9 Å². The predicted octanol–water partition coefficient (Wildman–Crippen LogP) is 5.06. The van der Waals surface area contributed by atoms with Gasteiger partial charge in [-0.1, -0.05) is 26.8 Å². The van der Waals surface area contributed by atoms with E-state index in [4.69, 9.17) is 4.74 Å². The van der Waals surface area contributed by atoms with Crippen molar-refractivity contribution in [2.45, 2.75) is 40.7 Å². The molecule has 4 nitrogen and oxygen atoms in total. The lowest BCUT2D eigenvalue weighted by Crippen LogP contribution is -2.13. The first-order valence-electron chi connectivity index (χ1n) is 7.77. The summed E-state index contributed by atoms with van der Waals surface area (Å²) in [5.41, 5.74) is 1.55. The van der Waals surface area contributed by atoms with E-state index in [0.717, 1.165) is 10.3 Å². The van der Waals surface area contributed by atoms with Crippen LogP contribution in [0.2, 0.25) is 0 Å². The number of aromatic nitrogens is 1. The van der Waals surface area contributed by atoms with Gasteiger partial charge >= 0.3 is 0 Å². The number of rotatable bonds is 5. The van der Waals surface area contributed by atoms with Gasteiger partial charge in [0.1, 0.15) is 22.7 Å². The minimum atomic E-state index is -0.126. The molecule has 5 heteroatoms. The molecule has 0 bridgehead atoms. The number of carbonyl (C=O) groups excluding carboxylic acids is 1. The molecule has 1 aromatic heterocycles. The number of pyridine rings is 1. The number of hydrogen-bond donors (Lipinski definition) is 1. The van der Waals surface area contributed by atoms with Crippen LogP contribution in [0.5, 0.6) is 11.5 Å². The summed E-state index contributed by atoms with van der Waals surface area (Å²) in [7, 11) is 0. The number of carbonyl (C=O) groups is 1. The van der Waals surface area contributed by atoms with Crippen LogP contribution < -0.4 is 4.74 Å². The summed E-state index contributed by atoms with van der Waals surface area (Å²) in [6.45, 7) is 8.02. The third kappa shape index (κ3) is 4.81. The number of phenols is 1. The molecule has 0 amide bonds. The van der Waals surface area contributed by atoms with E-state index in [2.05, 4.69) is 20.9 Å². The maximum Gasteiger partial charge on any atom is 0.167 e. The Kier molecular flexibility index (Phi) is 5.65. The molecule has 128 valence electrons. The molecule has 2 rings (SSSR count). The number of ketones is 1. The number of Topliss-reactive ketones (excluding diaryl/α,β-unsaturated/α-hetero) is 1. The predicted molar refractivity (Wildman–Crippen MR) is 97.5 cm³/mol. The monoisotopic (exact) mass is 391 g/mol. The molecular formula is C19H22BrNO3. The Morgan fingerprint density at radius 3 is 2.58 bits per heavy atom. The first-order valence-corrected chi connectivity index (χ1v) is 8.57. The van der Waals surface area contributed by atoms with Gasteiger partial charge in [-0.3, -0.25) is 4.79 Å². The van der Waals surface area contributed by atoms with E-state index >= 15 is 0 Å². The molecule has 0 saturated carbocycles. The number of benzene rings is 1. The Balaban J connectivity index is 2.16. The largest absolute Gasteiger partial charge is 0.507 e. The molecule has 1 heterocycles. The molecule has 0 unspecified atom stereocenters. The van der Waals surface area contributed by atoms with Crippen LogP contribution in [0.1, 0.15) is 48.8 Å². The summed E-state index contributed by atoms with van der Waals surface area (Å²) < 4.78 is 6.48. The molecule has 0 spiro atoms. The normalized spacial score (nSPS) is 11.4. The van der Waals surface area contributed by atoms with Crippen molar-refractivity contribution in [3.8, 4) is 11.5 Å². The van der Waals surface area contributed by atoms with Crippen molar-refractivity contribution in [1.82, 2.24) is 4.98 Å². The number of ether oxygens (including phenoxy) is 1. The van der Waals surface area contributed by atoms with Crippen LogP contribution in [0.15, 0.2) is 34.9 Å². The third-order valence-corrected chi connectivity index (χ3v) is 3.96. The highest BCUT2D eigenvalue weighted by molar-refractivity contribution is 9.10. The number of hydrogen-bond acceptors (Lipinski definition) is 4. The maximum absolute atomic E-state index is 12.3. The molecule has 2 aromatic rings. The topological polar surface area (TPSA) is 59.4 Å². The van der Waals surface area contributed by atoms with Gasteiger partial charge in [0, 0.05) is 12.0 Å². The molecule has 0 aliphatic rings. The molecule has 1 N–H and O–H groups in total. The number of nitrogens with zero attached hydrogens (tertiary/aromatic N) is 1. The van der Waals surface area contributed by atoms with Gasteiger partial charge in [0.05, 0.1) is 11.3 Å². The Hall–Kier alpha value is -1.88. The van der Waals surface area contributed by atoms with Gasteiger partial charge in [-0.05, 0) is 52.5 Å². The number of aromatic hydroxyl groups is 1. The van der Waals surface area contributed by atoms with Crippen LogP contribution in [0.25, 0.3) is 0 Å². The Bertz CT molecular complexity index is 751. The van der Waals surface area contributed by atoms with E-state index in [1.807, 2.05) is 39.0 Å². The van der Waals surface area contributed by atoms with E-state index in [9.17, 15) is 9.90 Å². The average molecular weight is 392 g/mol. The molecule has 24 heavy (non-hydrogen) atoms. The van der Waals surface area contributed by atoms with Gasteiger partial charge < -0.3 is 9.84 Å². The molecule has 0 aliphatic carbocycles. The molecule has 1 aromatic carbocycles. The zero-order valence-electron chi connectivity index (χ0n) is 14.4. The zero-order valence-corrected chi connectivity index (χ0v) is 16.0. The lowest BCUT2D eigenvalue weighted by Gasteiger charge is -2.18. The van der Waals surface area contributed by atoms with Gasteiger partial charge in [-0.25, -0.2) is 4.98 Å². The van der Waals surface area contributed by atoms with Crippen molar-refractivity contribution in [1.29, 1.82) is 0 Å². The van der Waals surface area contributed by atoms with Gasteiger partial charge in [0.2, 0.25) is 0 Å². The average Bonchev–Trinajstić information content (AvgIpc) is 2.47. The fourth-order valence-electron chi connectivity index (χ4n) is 2.32. The van der Waals surface area contributed by atoms with E-state index in [1.165, 1.54) is 0 Å². The summed E-state index contributed by atoms with van der Waals surface area (Å²) in [5, 5.41) is 10.4.